The molecule has 1 heterocycles. The second-order valence-corrected chi connectivity index (χ2v) is 6.16. The number of nitrogens with zero attached hydrogens (tertiary/aromatic N) is 2. The first-order chi connectivity index (χ1) is 9.65. The average molecular weight is 290 g/mol. The molecule has 4 heteroatoms. The molecule has 0 unspecified atom stereocenters. The fourth-order valence-corrected chi connectivity index (χ4v) is 3.26. The molecule has 0 amide bonds. The van der Waals surface area contributed by atoms with Gasteiger partial charge in [-0.25, -0.2) is 0 Å². The van der Waals surface area contributed by atoms with E-state index in [1.807, 2.05) is 0 Å². The van der Waals surface area contributed by atoms with Gasteiger partial charge in [0, 0.05) is 12.0 Å². The summed E-state index contributed by atoms with van der Waals surface area (Å²) in [5, 5.41) is 10.8. The molecular formula is C16H22N2OS. The smallest absolute Gasteiger partial charge is 0.147 e. The van der Waals surface area contributed by atoms with Crippen LogP contribution in [0.3, 0.4) is 0 Å². The average Bonchev–Trinajstić information content (AvgIpc) is 2.87. The first kappa shape index (κ1) is 15.0. The van der Waals surface area contributed by atoms with Gasteiger partial charge < -0.3 is 4.74 Å². The highest BCUT2D eigenvalue weighted by molar-refractivity contribution is 7.14. The highest BCUT2D eigenvalue weighted by Crippen LogP contribution is 2.31. The van der Waals surface area contributed by atoms with E-state index in [9.17, 15) is 0 Å². The normalized spacial score (nSPS) is 10.8. The first-order valence-electron chi connectivity index (χ1n) is 7.13. The molecule has 20 heavy (non-hydrogen) atoms. The van der Waals surface area contributed by atoms with E-state index in [0.29, 0.717) is 0 Å². The van der Waals surface area contributed by atoms with Gasteiger partial charge >= 0.3 is 0 Å². The summed E-state index contributed by atoms with van der Waals surface area (Å²) < 4.78 is 5.40. The zero-order valence-corrected chi connectivity index (χ0v) is 13.5. The number of unbranched alkanes of at least 4 members (excludes halogenated alkanes) is 2. The lowest BCUT2D eigenvalue weighted by Crippen LogP contribution is -1.92. The summed E-state index contributed by atoms with van der Waals surface area (Å²) >= 11 is 1.70. The number of hydrogen-bond donors (Lipinski definition) is 0. The Hall–Kier alpha value is -1.42. The van der Waals surface area contributed by atoms with Crippen molar-refractivity contribution in [3.63, 3.8) is 0 Å². The number of ether oxygens (including phenoxy) is 1. The largest absolute Gasteiger partial charge is 0.496 e. The van der Waals surface area contributed by atoms with E-state index in [1.165, 1.54) is 19.3 Å². The molecule has 1 aromatic heterocycles. The molecule has 2 aromatic rings. The Balaban J connectivity index is 2.20. The Bertz CT molecular complexity index is 555. The zero-order chi connectivity index (χ0) is 14.5. The molecule has 0 N–H and O–H groups in total. The summed E-state index contributed by atoms with van der Waals surface area (Å²) in [6, 6.07) is 4.25. The number of methoxy groups -OCH3 is 1. The number of benzene rings is 1. The summed E-state index contributed by atoms with van der Waals surface area (Å²) in [5.74, 6) is 0.960. The van der Waals surface area contributed by atoms with Gasteiger partial charge in [-0.1, -0.05) is 31.1 Å². The lowest BCUT2D eigenvalue weighted by atomic mass is 10.1. The lowest BCUT2D eigenvalue weighted by Gasteiger charge is -2.09. The van der Waals surface area contributed by atoms with Crippen LogP contribution in [0.25, 0.3) is 10.6 Å². The molecular weight excluding hydrogens is 268 g/mol. The third kappa shape index (κ3) is 3.37. The van der Waals surface area contributed by atoms with Crippen LogP contribution in [0.15, 0.2) is 12.1 Å². The Morgan fingerprint density at radius 2 is 1.80 bits per heavy atom. The Morgan fingerprint density at radius 1 is 1.10 bits per heavy atom. The predicted molar refractivity (Wildman–Crippen MR) is 84.6 cm³/mol. The van der Waals surface area contributed by atoms with Crippen LogP contribution >= 0.6 is 11.3 Å². The van der Waals surface area contributed by atoms with Crippen molar-refractivity contribution < 1.29 is 4.74 Å². The molecule has 0 radical (unpaired) electrons. The molecule has 108 valence electrons. The Morgan fingerprint density at radius 3 is 2.40 bits per heavy atom. The third-order valence-corrected chi connectivity index (χ3v) is 4.40. The molecule has 0 aliphatic rings. The minimum atomic E-state index is 0.960. The van der Waals surface area contributed by atoms with E-state index in [4.69, 9.17) is 4.74 Å². The monoisotopic (exact) mass is 290 g/mol. The summed E-state index contributed by atoms with van der Waals surface area (Å²) in [6.45, 7) is 6.35. The molecule has 1 aromatic carbocycles. The van der Waals surface area contributed by atoms with Gasteiger partial charge in [0.1, 0.15) is 15.8 Å². The molecule has 0 aliphatic carbocycles. The number of hydrogen-bond acceptors (Lipinski definition) is 4. The van der Waals surface area contributed by atoms with Crippen LogP contribution in [0.4, 0.5) is 0 Å². The van der Waals surface area contributed by atoms with Crippen molar-refractivity contribution in [1.82, 2.24) is 10.2 Å². The van der Waals surface area contributed by atoms with Crippen LogP contribution in [-0.2, 0) is 6.42 Å². The van der Waals surface area contributed by atoms with Gasteiger partial charge in [0.25, 0.3) is 0 Å². The fourth-order valence-electron chi connectivity index (χ4n) is 2.39. The molecule has 0 spiro atoms. The molecule has 0 fully saturated rings. The van der Waals surface area contributed by atoms with Gasteiger partial charge in [0.15, 0.2) is 0 Å². The minimum Gasteiger partial charge on any atom is -0.496 e. The van der Waals surface area contributed by atoms with Crippen molar-refractivity contribution in [3.05, 3.63) is 28.3 Å². The maximum absolute atomic E-state index is 5.40. The van der Waals surface area contributed by atoms with Crippen LogP contribution in [0.2, 0.25) is 0 Å². The molecule has 0 atom stereocenters. The van der Waals surface area contributed by atoms with Crippen LogP contribution in [-0.4, -0.2) is 17.3 Å². The maximum atomic E-state index is 5.40. The molecule has 0 saturated carbocycles. The lowest BCUT2D eigenvalue weighted by molar-refractivity contribution is 0.408. The fraction of sp³-hybridized carbons (Fsp3) is 0.500. The van der Waals surface area contributed by atoms with Crippen molar-refractivity contribution in [2.24, 2.45) is 0 Å². The van der Waals surface area contributed by atoms with Gasteiger partial charge in [-0.2, -0.15) is 0 Å². The number of aromatic nitrogens is 2. The van der Waals surface area contributed by atoms with Gasteiger partial charge in [-0.3, -0.25) is 0 Å². The summed E-state index contributed by atoms with van der Waals surface area (Å²) in [6.07, 6.45) is 4.74. The molecule has 0 bridgehead atoms. The first-order valence-corrected chi connectivity index (χ1v) is 7.95. The molecule has 2 rings (SSSR count). The van der Waals surface area contributed by atoms with Crippen molar-refractivity contribution >= 4 is 11.3 Å². The standard InChI is InChI=1S/C16H22N2OS/c1-5-6-7-8-14-17-18-16(20-14)13-9-11(2)15(19-4)12(3)10-13/h9-10H,5-8H2,1-4H3. The second-order valence-electron chi connectivity index (χ2n) is 5.10. The molecule has 0 saturated heterocycles. The quantitative estimate of drug-likeness (QED) is 0.731. The predicted octanol–water partition coefficient (Wildman–Crippen LogP) is 4.56. The summed E-state index contributed by atoms with van der Waals surface area (Å²) in [5.41, 5.74) is 3.43. The second kappa shape index (κ2) is 6.84. The molecule has 0 aliphatic heterocycles. The van der Waals surface area contributed by atoms with E-state index in [2.05, 4.69) is 43.1 Å². The van der Waals surface area contributed by atoms with E-state index >= 15 is 0 Å². The zero-order valence-electron chi connectivity index (χ0n) is 12.7. The van der Waals surface area contributed by atoms with Crippen LogP contribution in [0.1, 0.15) is 42.3 Å². The number of aryl methyl sites for hydroxylation is 3. The SMILES string of the molecule is CCCCCc1nnc(-c2cc(C)c(OC)c(C)c2)s1. The summed E-state index contributed by atoms with van der Waals surface area (Å²) in [4.78, 5) is 0. The highest BCUT2D eigenvalue weighted by atomic mass is 32.1. The van der Waals surface area contributed by atoms with Gasteiger partial charge in [-0.15, -0.1) is 10.2 Å². The van der Waals surface area contributed by atoms with Gasteiger partial charge in [0.2, 0.25) is 0 Å². The third-order valence-electron chi connectivity index (χ3n) is 3.37. The molecule has 3 nitrogen and oxygen atoms in total. The van der Waals surface area contributed by atoms with E-state index in [0.717, 1.165) is 38.9 Å². The van der Waals surface area contributed by atoms with Crippen LogP contribution in [0, 0.1) is 13.8 Å². The number of rotatable bonds is 6. The van der Waals surface area contributed by atoms with Crippen LogP contribution < -0.4 is 4.74 Å². The topological polar surface area (TPSA) is 35.0 Å². The van der Waals surface area contributed by atoms with E-state index in [1.54, 1.807) is 18.4 Å². The minimum absolute atomic E-state index is 0.960. The van der Waals surface area contributed by atoms with Gasteiger partial charge in [-0.05, 0) is 43.5 Å². The van der Waals surface area contributed by atoms with Gasteiger partial charge in [0.05, 0.1) is 7.11 Å². The van der Waals surface area contributed by atoms with Crippen LogP contribution in [0.5, 0.6) is 5.75 Å². The van der Waals surface area contributed by atoms with Crippen molar-refractivity contribution in [1.29, 1.82) is 0 Å². The van der Waals surface area contributed by atoms with E-state index in [-0.39, 0.29) is 0 Å². The van der Waals surface area contributed by atoms with E-state index < -0.39 is 0 Å². The maximum Gasteiger partial charge on any atom is 0.147 e. The van der Waals surface area contributed by atoms with Crippen molar-refractivity contribution in [3.8, 4) is 16.3 Å². The van der Waals surface area contributed by atoms with Crippen molar-refractivity contribution in [2.45, 2.75) is 46.5 Å². The Labute approximate surface area is 125 Å². The summed E-state index contributed by atoms with van der Waals surface area (Å²) in [7, 11) is 1.71. The van der Waals surface area contributed by atoms with Crippen molar-refractivity contribution in [2.75, 3.05) is 7.11 Å². The Kier molecular flexibility index (Phi) is 5.12. The highest BCUT2D eigenvalue weighted by Gasteiger charge is 2.11.